The highest BCUT2D eigenvalue weighted by Gasteiger charge is 2.25. The second-order valence-electron chi connectivity index (χ2n) is 5.74. The average molecular weight is 330 g/mol. The van der Waals surface area contributed by atoms with E-state index in [9.17, 15) is 4.79 Å². The number of rotatable bonds is 6. The van der Waals surface area contributed by atoms with E-state index in [-0.39, 0.29) is 11.9 Å². The van der Waals surface area contributed by atoms with Crippen LogP contribution in [0.5, 0.6) is 5.75 Å². The quantitative estimate of drug-likeness (QED) is 0.755. The standard InChI is InChI=1S/C17H22N4O3/c1-23-12-13-24-16-4-2-14(3-5-16)17(22)20-10-6-15(7-11-20)21-18-8-9-19-21/h2-5,8-9,15H,6-7,10-13H2,1H3. The summed E-state index contributed by atoms with van der Waals surface area (Å²) in [7, 11) is 1.64. The van der Waals surface area contributed by atoms with E-state index >= 15 is 0 Å². The molecule has 0 saturated carbocycles. The maximum Gasteiger partial charge on any atom is 0.253 e. The number of nitrogens with zero attached hydrogens (tertiary/aromatic N) is 4. The molecule has 2 aromatic rings. The van der Waals surface area contributed by atoms with Crippen LogP contribution < -0.4 is 4.74 Å². The minimum absolute atomic E-state index is 0.0605. The molecule has 1 aromatic carbocycles. The summed E-state index contributed by atoms with van der Waals surface area (Å²) in [6, 6.07) is 7.55. The lowest BCUT2D eigenvalue weighted by molar-refractivity contribution is 0.0683. The van der Waals surface area contributed by atoms with Crippen LogP contribution in [0.25, 0.3) is 0 Å². The number of amides is 1. The Kier molecular flexibility index (Phi) is 5.43. The molecule has 1 fully saturated rings. The number of likely N-dealkylation sites (tertiary alicyclic amines) is 1. The third-order valence-corrected chi connectivity index (χ3v) is 4.17. The van der Waals surface area contributed by atoms with Gasteiger partial charge in [-0.15, -0.1) is 0 Å². The van der Waals surface area contributed by atoms with Crippen molar-refractivity contribution in [2.45, 2.75) is 18.9 Å². The molecule has 0 unspecified atom stereocenters. The molecule has 0 N–H and O–H groups in total. The Bertz CT molecular complexity index is 634. The third kappa shape index (κ3) is 3.91. The van der Waals surface area contributed by atoms with Gasteiger partial charge < -0.3 is 14.4 Å². The molecular formula is C17H22N4O3. The van der Waals surface area contributed by atoms with Gasteiger partial charge in [0.05, 0.1) is 25.0 Å². The molecule has 2 heterocycles. The van der Waals surface area contributed by atoms with Crippen molar-refractivity contribution < 1.29 is 14.3 Å². The molecule has 7 nitrogen and oxygen atoms in total. The van der Waals surface area contributed by atoms with Crippen LogP contribution in [0.15, 0.2) is 36.7 Å². The van der Waals surface area contributed by atoms with Crippen molar-refractivity contribution in [1.82, 2.24) is 19.9 Å². The van der Waals surface area contributed by atoms with E-state index in [0.29, 0.717) is 18.8 Å². The Labute approximate surface area is 141 Å². The summed E-state index contributed by atoms with van der Waals surface area (Å²) < 4.78 is 10.5. The van der Waals surface area contributed by atoms with Crippen LogP contribution in [0.2, 0.25) is 0 Å². The number of methoxy groups -OCH3 is 1. The number of hydrogen-bond acceptors (Lipinski definition) is 5. The zero-order chi connectivity index (χ0) is 16.8. The van der Waals surface area contributed by atoms with Gasteiger partial charge >= 0.3 is 0 Å². The largest absolute Gasteiger partial charge is 0.491 e. The van der Waals surface area contributed by atoms with Gasteiger partial charge in [-0.2, -0.15) is 15.0 Å². The number of ether oxygens (including phenoxy) is 2. The fourth-order valence-electron chi connectivity index (χ4n) is 2.83. The van der Waals surface area contributed by atoms with Crippen LogP contribution in [-0.2, 0) is 4.74 Å². The van der Waals surface area contributed by atoms with Crippen molar-refractivity contribution in [2.24, 2.45) is 0 Å². The van der Waals surface area contributed by atoms with Gasteiger partial charge in [-0.3, -0.25) is 4.79 Å². The van der Waals surface area contributed by atoms with E-state index in [1.165, 1.54) is 0 Å². The van der Waals surface area contributed by atoms with Crippen LogP contribution in [0.1, 0.15) is 29.2 Å². The van der Waals surface area contributed by atoms with Gasteiger partial charge in [0, 0.05) is 25.8 Å². The maximum absolute atomic E-state index is 12.6. The number of carbonyl (C=O) groups is 1. The summed E-state index contributed by atoms with van der Waals surface area (Å²) in [5.74, 6) is 0.803. The normalized spacial score (nSPS) is 15.5. The second-order valence-corrected chi connectivity index (χ2v) is 5.74. The van der Waals surface area contributed by atoms with Crippen LogP contribution in [0.4, 0.5) is 0 Å². The molecule has 7 heteroatoms. The summed E-state index contributed by atoms with van der Waals surface area (Å²) in [4.78, 5) is 16.2. The van der Waals surface area contributed by atoms with Crippen molar-refractivity contribution in [3.05, 3.63) is 42.2 Å². The van der Waals surface area contributed by atoms with Gasteiger partial charge in [0.25, 0.3) is 5.91 Å². The molecule has 3 rings (SSSR count). The van der Waals surface area contributed by atoms with E-state index in [2.05, 4.69) is 10.2 Å². The summed E-state index contributed by atoms with van der Waals surface area (Å²) in [5, 5.41) is 8.38. The van der Waals surface area contributed by atoms with Gasteiger partial charge in [-0.05, 0) is 37.1 Å². The fourth-order valence-corrected chi connectivity index (χ4v) is 2.83. The Hall–Kier alpha value is -2.41. The average Bonchev–Trinajstić information content (AvgIpc) is 3.17. The topological polar surface area (TPSA) is 69.5 Å². The van der Waals surface area contributed by atoms with Crippen LogP contribution in [-0.4, -0.2) is 59.2 Å². The molecule has 24 heavy (non-hydrogen) atoms. The highest BCUT2D eigenvalue weighted by atomic mass is 16.5. The maximum atomic E-state index is 12.6. The molecule has 1 aliphatic heterocycles. The van der Waals surface area contributed by atoms with Crippen molar-refractivity contribution in [2.75, 3.05) is 33.4 Å². The minimum Gasteiger partial charge on any atom is -0.491 e. The van der Waals surface area contributed by atoms with Gasteiger partial charge in [0.1, 0.15) is 12.4 Å². The van der Waals surface area contributed by atoms with Crippen molar-refractivity contribution in [3.8, 4) is 5.75 Å². The zero-order valence-corrected chi connectivity index (χ0v) is 13.8. The highest BCUT2D eigenvalue weighted by molar-refractivity contribution is 5.94. The smallest absolute Gasteiger partial charge is 0.253 e. The molecule has 0 aliphatic carbocycles. The molecule has 1 amide bonds. The predicted molar refractivity (Wildman–Crippen MR) is 88.0 cm³/mol. The van der Waals surface area contributed by atoms with E-state index in [1.807, 2.05) is 29.2 Å². The first-order valence-electron chi connectivity index (χ1n) is 8.15. The SMILES string of the molecule is COCCOc1ccc(C(=O)N2CCC(n3nccn3)CC2)cc1. The summed E-state index contributed by atoms with van der Waals surface area (Å²) in [5.41, 5.74) is 0.685. The Morgan fingerprint density at radius 1 is 1.12 bits per heavy atom. The molecule has 1 aromatic heterocycles. The fraction of sp³-hybridized carbons (Fsp3) is 0.471. The van der Waals surface area contributed by atoms with Crippen molar-refractivity contribution in [3.63, 3.8) is 0 Å². The van der Waals surface area contributed by atoms with E-state index < -0.39 is 0 Å². The first-order valence-corrected chi connectivity index (χ1v) is 8.15. The van der Waals surface area contributed by atoms with Gasteiger partial charge in [0.2, 0.25) is 0 Å². The predicted octanol–water partition coefficient (Wildman–Crippen LogP) is 1.78. The number of benzene rings is 1. The lowest BCUT2D eigenvalue weighted by Crippen LogP contribution is -2.39. The lowest BCUT2D eigenvalue weighted by Gasteiger charge is -2.31. The van der Waals surface area contributed by atoms with Crippen molar-refractivity contribution >= 4 is 5.91 Å². The first-order chi connectivity index (χ1) is 11.8. The molecular weight excluding hydrogens is 308 g/mol. The van der Waals surface area contributed by atoms with Crippen LogP contribution in [0.3, 0.4) is 0 Å². The monoisotopic (exact) mass is 330 g/mol. The molecule has 0 atom stereocenters. The van der Waals surface area contributed by atoms with E-state index in [1.54, 1.807) is 24.3 Å². The highest BCUT2D eigenvalue weighted by Crippen LogP contribution is 2.22. The van der Waals surface area contributed by atoms with Crippen molar-refractivity contribution in [1.29, 1.82) is 0 Å². The molecule has 0 spiro atoms. The zero-order valence-electron chi connectivity index (χ0n) is 13.8. The lowest BCUT2D eigenvalue weighted by atomic mass is 10.0. The molecule has 0 bridgehead atoms. The summed E-state index contributed by atoms with van der Waals surface area (Å²) in [6.45, 7) is 2.48. The van der Waals surface area contributed by atoms with Gasteiger partial charge in [-0.25, -0.2) is 0 Å². The number of hydrogen-bond donors (Lipinski definition) is 0. The minimum atomic E-state index is 0.0605. The molecule has 1 aliphatic rings. The molecule has 1 saturated heterocycles. The van der Waals surface area contributed by atoms with Crippen LogP contribution in [0, 0.1) is 0 Å². The number of aromatic nitrogens is 3. The van der Waals surface area contributed by atoms with E-state index in [0.717, 1.165) is 31.7 Å². The summed E-state index contributed by atoms with van der Waals surface area (Å²) >= 11 is 0. The number of piperidine rings is 1. The molecule has 0 radical (unpaired) electrons. The molecule has 128 valence electrons. The van der Waals surface area contributed by atoms with E-state index in [4.69, 9.17) is 9.47 Å². The van der Waals surface area contributed by atoms with Gasteiger partial charge in [-0.1, -0.05) is 0 Å². The first kappa shape index (κ1) is 16.4. The summed E-state index contributed by atoms with van der Waals surface area (Å²) in [6.07, 6.45) is 5.12. The van der Waals surface area contributed by atoms with Gasteiger partial charge in [0.15, 0.2) is 0 Å². The number of carbonyl (C=O) groups excluding carboxylic acids is 1. The second kappa shape index (κ2) is 7.92. The third-order valence-electron chi connectivity index (χ3n) is 4.17. The Balaban J connectivity index is 1.53. The Morgan fingerprint density at radius 2 is 1.79 bits per heavy atom. The Morgan fingerprint density at radius 3 is 2.42 bits per heavy atom. The van der Waals surface area contributed by atoms with Crippen LogP contribution >= 0.6 is 0 Å².